The molecule has 40 heavy (non-hydrogen) atoms. The number of likely N-dealkylation sites (N-methyl/N-ethyl adjacent to an activating group) is 1. The molecule has 9 heteroatoms. The predicted molar refractivity (Wildman–Crippen MR) is 152 cm³/mol. The standard InChI is InChI=1S/C31H38N4O5/c1-33-11-13-34(14-12-33)21-25-9-10-29(39-25)31(36)32-19-26-22-38-28-4-2-3-27(30(28)40-26)24-7-5-23(6-8-24)20-35-15-17-37-18-16-35/h2-10,26H,11-22H2,1H3,(H,32,36). The molecule has 1 N–H and O–H groups in total. The molecular weight excluding hydrogens is 508 g/mol. The van der Waals surface area contributed by atoms with Crippen molar-refractivity contribution in [3.05, 3.63) is 71.7 Å². The van der Waals surface area contributed by atoms with Gasteiger partial charge in [0.1, 0.15) is 18.5 Å². The number of nitrogens with one attached hydrogen (secondary N) is 1. The smallest absolute Gasteiger partial charge is 0.287 e. The van der Waals surface area contributed by atoms with Crippen LogP contribution in [0.15, 0.2) is 59.0 Å². The number of amides is 1. The van der Waals surface area contributed by atoms with Crippen LogP contribution in [-0.2, 0) is 17.8 Å². The lowest BCUT2D eigenvalue weighted by Crippen LogP contribution is -2.43. The summed E-state index contributed by atoms with van der Waals surface area (Å²) in [6.45, 7) is 9.94. The van der Waals surface area contributed by atoms with Crippen molar-refractivity contribution in [1.29, 1.82) is 0 Å². The highest BCUT2D eigenvalue weighted by molar-refractivity contribution is 5.91. The van der Waals surface area contributed by atoms with Crippen LogP contribution in [-0.4, -0.2) is 99.4 Å². The van der Waals surface area contributed by atoms with Gasteiger partial charge in [0.2, 0.25) is 0 Å². The third-order valence-corrected chi connectivity index (χ3v) is 7.81. The van der Waals surface area contributed by atoms with Gasteiger partial charge in [-0.3, -0.25) is 14.6 Å². The zero-order valence-electron chi connectivity index (χ0n) is 23.1. The second-order valence-corrected chi connectivity index (χ2v) is 10.8. The van der Waals surface area contributed by atoms with Crippen LogP contribution >= 0.6 is 0 Å². The van der Waals surface area contributed by atoms with Crippen LogP contribution in [0.4, 0.5) is 0 Å². The van der Waals surface area contributed by atoms with Crippen LogP contribution in [0.2, 0.25) is 0 Å². The first-order valence-corrected chi connectivity index (χ1v) is 14.2. The molecule has 1 atom stereocenters. The Balaban J connectivity index is 1.04. The van der Waals surface area contributed by atoms with Crippen molar-refractivity contribution in [3.63, 3.8) is 0 Å². The number of nitrogens with zero attached hydrogens (tertiary/aromatic N) is 3. The summed E-state index contributed by atoms with van der Waals surface area (Å²) in [5.41, 5.74) is 3.32. The number of rotatable bonds is 8. The van der Waals surface area contributed by atoms with E-state index in [1.807, 2.05) is 24.3 Å². The minimum Gasteiger partial charge on any atom is -0.486 e. The Labute approximate surface area is 235 Å². The number of carbonyl (C=O) groups is 1. The summed E-state index contributed by atoms with van der Waals surface area (Å²) < 4.78 is 23.7. The summed E-state index contributed by atoms with van der Waals surface area (Å²) >= 11 is 0. The van der Waals surface area contributed by atoms with Crippen molar-refractivity contribution in [3.8, 4) is 22.6 Å². The molecule has 212 valence electrons. The van der Waals surface area contributed by atoms with E-state index < -0.39 is 0 Å². The van der Waals surface area contributed by atoms with Crippen molar-refractivity contribution in [2.45, 2.75) is 19.2 Å². The minimum atomic E-state index is -0.307. The Hall–Kier alpha value is -3.37. The molecule has 2 saturated heterocycles. The molecule has 0 bridgehead atoms. The van der Waals surface area contributed by atoms with Crippen LogP contribution in [0.3, 0.4) is 0 Å². The van der Waals surface area contributed by atoms with Gasteiger partial charge in [-0.25, -0.2) is 0 Å². The number of fused-ring (bicyclic) bond motifs is 1. The summed E-state index contributed by atoms with van der Waals surface area (Å²) in [5.74, 6) is 2.31. The normalized spacial score (nSPS) is 20.4. The van der Waals surface area contributed by atoms with Gasteiger partial charge in [-0.15, -0.1) is 0 Å². The molecule has 1 aromatic heterocycles. The zero-order valence-corrected chi connectivity index (χ0v) is 23.1. The summed E-state index contributed by atoms with van der Waals surface area (Å²) in [6.07, 6.45) is -0.307. The molecule has 3 aliphatic heterocycles. The second-order valence-electron chi connectivity index (χ2n) is 10.8. The highest BCUT2D eigenvalue weighted by Gasteiger charge is 2.25. The summed E-state index contributed by atoms with van der Waals surface area (Å²) in [5, 5.41) is 2.96. The van der Waals surface area contributed by atoms with Gasteiger partial charge in [-0.1, -0.05) is 36.4 Å². The van der Waals surface area contributed by atoms with Gasteiger partial charge >= 0.3 is 0 Å². The van der Waals surface area contributed by atoms with E-state index in [-0.39, 0.29) is 12.0 Å². The fraction of sp³-hybridized carbons (Fsp3) is 0.452. The van der Waals surface area contributed by atoms with E-state index in [4.69, 9.17) is 18.6 Å². The predicted octanol–water partition coefficient (Wildman–Crippen LogP) is 3.10. The maximum absolute atomic E-state index is 12.8. The molecule has 0 aliphatic carbocycles. The van der Waals surface area contributed by atoms with Gasteiger partial charge in [-0.2, -0.15) is 0 Å². The van der Waals surface area contributed by atoms with Crippen LogP contribution in [0.5, 0.6) is 11.5 Å². The Kier molecular flexibility index (Phi) is 8.34. The molecule has 3 aliphatic rings. The number of carbonyl (C=O) groups excluding carboxylic acids is 1. The quantitative estimate of drug-likeness (QED) is 0.462. The Morgan fingerprint density at radius 2 is 1.68 bits per heavy atom. The lowest BCUT2D eigenvalue weighted by molar-refractivity contribution is 0.0342. The van der Waals surface area contributed by atoms with E-state index in [0.717, 1.165) is 81.7 Å². The van der Waals surface area contributed by atoms with Gasteiger partial charge < -0.3 is 28.8 Å². The number of morpholine rings is 1. The first-order chi connectivity index (χ1) is 19.6. The Morgan fingerprint density at radius 1 is 0.900 bits per heavy atom. The lowest BCUT2D eigenvalue weighted by Gasteiger charge is -2.31. The van der Waals surface area contributed by atoms with Crippen molar-refractivity contribution < 1.29 is 23.4 Å². The van der Waals surface area contributed by atoms with Crippen LogP contribution in [0, 0.1) is 0 Å². The maximum atomic E-state index is 12.8. The molecule has 6 rings (SSSR count). The molecule has 2 aromatic carbocycles. The molecule has 1 amide bonds. The zero-order chi connectivity index (χ0) is 27.3. The van der Waals surface area contributed by atoms with Crippen molar-refractivity contribution in [2.75, 3.05) is 72.7 Å². The van der Waals surface area contributed by atoms with Gasteiger partial charge in [0.25, 0.3) is 5.91 Å². The highest BCUT2D eigenvalue weighted by atomic mass is 16.6. The number of hydrogen-bond donors (Lipinski definition) is 1. The summed E-state index contributed by atoms with van der Waals surface area (Å²) in [6, 6.07) is 18.2. The number of piperazine rings is 1. The van der Waals surface area contributed by atoms with E-state index in [0.29, 0.717) is 31.2 Å². The van der Waals surface area contributed by atoms with Crippen LogP contribution in [0.1, 0.15) is 21.9 Å². The van der Waals surface area contributed by atoms with Gasteiger partial charge in [0.05, 0.1) is 26.3 Å². The van der Waals surface area contributed by atoms with Crippen molar-refractivity contribution in [2.24, 2.45) is 0 Å². The summed E-state index contributed by atoms with van der Waals surface area (Å²) in [7, 11) is 2.14. The number of para-hydroxylation sites is 1. The summed E-state index contributed by atoms with van der Waals surface area (Å²) in [4.78, 5) is 19.9. The topological polar surface area (TPSA) is 79.7 Å². The molecule has 0 spiro atoms. The maximum Gasteiger partial charge on any atom is 0.287 e. The second kappa shape index (κ2) is 12.4. The molecular formula is C31H38N4O5. The fourth-order valence-electron chi connectivity index (χ4n) is 5.37. The third kappa shape index (κ3) is 6.50. The van der Waals surface area contributed by atoms with E-state index in [9.17, 15) is 4.79 Å². The van der Waals surface area contributed by atoms with Crippen molar-refractivity contribution in [1.82, 2.24) is 20.0 Å². The average molecular weight is 547 g/mol. The minimum absolute atomic E-state index is 0.247. The molecule has 0 radical (unpaired) electrons. The highest BCUT2D eigenvalue weighted by Crippen LogP contribution is 2.41. The average Bonchev–Trinajstić information content (AvgIpc) is 3.46. The van der Waals surface area contributed by atoms with E-state index in [2.05, 4.69) is 51.3 Å². The Bertz CT molecular complexity index is 1280. The van der Waals surface area contributed by atoms with Gasteiger partial charge in [0, 0.05) is 51.4 Å². The van der Waals surface area contributed by atoms with E-state index >= 15 is 0 Å². The largest absolute Gasteiger partial charge is 0.486 e. The SMILES string of the molecule is CN1CCN(Cc2ccc(C(=O)NCC3COc4cccc(-c5ccc(CN6CCOCC6)cc5)c4O3)o2)CC1. The number of benzene rings is 2. The molecule has 2 fully saturated rings. The lowest BCUT2D eigenvalue weighted by atomic mass is 10.0. The molecule has 9 nitrogen and oxygen atoms in total. The van der Waals surface area contributed by atoms with Gasteiger partial charge in [0.15, 0.2) is 17.3 Å². The Morgan fingerprint density at radius 3 is 2.48 bits per heavy atom. The van der Waals surface area contributed by atoms with Crippen LogP contribution in [0.25, 0.3) is 11.1 Å². The first-order valence-electron chi connectivity index (χ1n) is 14.2. The molecule has 3 aromatic rings. The fourth-order valence-corrected chi connectivity index (χ4v) is 5.37. The third-order valence-electron chi connectivity index (χ3n) is 7.81. The monoisotopic (exact) mass is 546 g/mol. The van der Waals surface area contributed by atoms with E-state index in [1.165, 1.54) is 5.56 Å². The number of hydrogen-bond acceptors (Lipinski definition) is 8. The van der Waals surface area contributed by atoms with Crippen LogP contribution < -0.4 is 14.8 Å². The number of ether oxygens (including phenoxy) is 3. The van der Waals surface area contributed by atoms with E-state index in [1.54, 1.807) is 6.07 Å². The first kappa shape index (κ1) is 26.8. The number of furan rings is 1. The van der Waals surface area contributed by atoms with Gasteiger partial charge in [-0.05, 0) is 36.4 Å². The molecule has 0 saturated carbocycles. The molecule has 4 heterocycles. The van der Waals surface area contributed by atoms with Crippen molar-refractivity contribution >= 4 is 5.91 Å². The molecule has 1 unspecified atom stereocenters.